The summed E-state index contributed by atoms with van der Waals surface area (Å²) in [5.74, 6) is 0. The molecule has 0 bridgehead atoms. The third kappa shape index (κ3) is 16.8. The molecular formula is C34H74N4. The monoisotopic (exact) mass is 539 g/mol. The Labute approximate surface area is 241 Å². The van der Waals surface area contributed by atoms with Gasteiger partial charge in [0.2, 0.25) is 0 Å². The van der Waals surface area contributed by atoms with Crippen molar-refractivity contribution in [1.29, 1.82) is 0 Å². The van der Waals surface area contributed by atoms with Crippen LogP contribution in [-0.4, -0.2) is 69.2 Å². The Kier molecular flexibility index (Phi) is 15.1. The maximum atomic E-state index is 3.84. The molecule has 0 aliphatic carbocycles. The van der Waals surface area contributed by atoms with Crippen LogP contribution in [-0.2, 0) is 0 Å². The van der Waals surface area contributed by atoms with Crippen LogP contribution in [0, 0.1) is 0 Å². The molecule has 2 N–H and O–H groups in total. The van der Waals surface area contributed by atoms with Crippen molar-refractivity contribution >= 4 is 0 Å². The highest BCUT2D eigenvalue weighted by molar-refractivity contribution is 4.89. The fourth-order valence-corrected chi connectivity index (χ4v) is 6.35. The van der Waals surface area contributed by atoms with Crippen LogP contribution in [0.2, 0.25) is 0 Å². The van der Waals surface area contributed by atoms with Crippen LogP contribution < -0.4 is 10.6 Å². The van der Waals surface area contributed by atoms with E-state index in [-0.39, 0.29) is 33.2 Å². The van der Waals surface area contributed by atoms with E-state index in [4.69, 9.17) is 0 Å². The van der Waals surface area contributed by atoms with E-state index in [0.29, 0.717) is 0 Å². The Balaban J connectivity index is 4.14. The van der Waals surface area contributed by atoms with Gasteiger partial charge in [-0.3, -0.25) is 9.80 Å². The van der Waals surface area contributed by atoms with E-state index >= 15 is 0 Å². The standard InChI is InChI=1S/C34H74N4/c1-29(2,3)37(30(4,5)6)27-21-23-33(13,14)35-25-19-17-18-20-26-36-34(15,16)24-22-28-38(31(7,8)9)32(10,11)12/h35-36H,17-28H2,1-16H3. The number of unbranched alkanes of at least 4 members (excludes halogenated alkanes) is 3. The second kappa shape index (κ2) is 15.2. The molecule has 0 amide bonds. The van der Waals surface area contributed by atoms with Gasteiger partial charge in [0.15, 0.2) is 0 Å². The summed E-state index contributed by atoms with van der Waals surface area (Å²) in [4.78, 5) is 5.30. The zero-order valence-electron chi connectivity index (χ0n) is 29.4. The average molecular weight is 539 g/mol. The van der Waals surface area contributed by atoms with Crippen molar-refractivity contribution in [2.24, 2.45) is 0 Å². The molecule has 0 heterocycles. The molecule has 230 valence electrons. The molecule has 0 saturated carbocycles. The van der Waals surface area contributed by atoms with Crippen molar-refractivity contribution in [1.82, 2.24) is 20.4 Å². The summed E-state index contributed by atoms with van der Waals surface area (Å²) in [7, 11) is 0. The molecule has 0 rings (SSSR count). The highest BCUT2D eigenvalue weighted by Crippen LogP contribution is 2.27. The van der Waals surface area contributed by atoms with Gasteiger partial charge in [0.05, 0.1) is 0 Å². The Morgan fingerprint density at radius 2 is 0.632 bits per heavy atom. The molecule has 0 fully saturated rings. The minimum atomic E-state index is 0.208. The van der Waals surface area contributed by atoms with Gasteiger partial charge < -0.3 is 10.6 Å². The Morgan fingerprint density at radius 1 is 0.368 bits per heavy atom. The summed E-state index contributed by atoms with van der Waals surface area (Å²) < 4.78 is 0. The first kappa shape index (κ1) is 37.8. The molecule has 0 saturated heterocycles. The number of nitrogens with zero attached hydrogens (tertiary/aromatic N) is 2. The van der Waals surface area contributed by atoms with E-state index in [1.807, 2.05) is 0 Å². The molecule has 0 aromatic rings. The lowest BCUT2D eigenvalue weighted by Gasteiger charge is -2.46. The highest BCUT2D eigenvalue weighted by Gasteiger charge is 2.32. The molecule has 0 aromatic carbocycles. The van der Waals surface area contributed by atoms with Crippen LogP contribution in [0.15, 0.2) is 0 Å². The lowest BCUT2D eigenvalue weighted by atomic mass is 9.93. The number of hydrogen-bond donors (Lipinski definition) is 2. The minimum absolute atomic E-state index is 0.208. The van der Waals surface area contributed by atoms with E-state index in [9.17, 15) is 0 Å². The van der Waals surface area contributed by atoms with Crippen LogP contribution in [0.5, 0.6) is 0 Å². The van der Waals surface area contributed by atoms with E-state index in [1.165, 1.54) is 51.4 Å². The van der Waals surface area contributed by atoms with Gasteiger partial charge in [-0.1, -0.05) is 12.8 Å². The fraction of sp³-hybridized carbons (Fsp3) is 1.00. The summed E-state index contributed by atoms with van der Waals surface area (Å²) in [6.45, 7) is 42.2. The van der Waals surface area contributed by atoms with Crippen LogP contribution in [0.4, 0.5) is 0 Å². The average Bonchev–Trinajstić information content (AvgIpc) is 2.66. The maximum absolute atomic E-state index is 3.84. The van der Waals surface area contributed by atoms with E-state index in [2.05, 4.69) is 131 Å². The topological polar surface area (TPSA) is 30.5 Å². The maximum Gasteiger partial charge on any atom is 0.0130 e. The molecule has 38 heavy (non-hydrogen) atoms. The molecule has 0 aliphatic heterocycles. The smallest absolute Gasteiger partial charge is 0.0130 e. The highest BCUT2D eigenvalue weighted by atomic mass is 15.2. The predicted octanol–water partition coefficient (Wildman–Crippen LogP) is 8.64. The van der Waals surface area contributed by atoms with Crippen molar-refractivity contribution in [3.05, 3.63) is 0 Å². The van der Waals surface area contributed by atoms with Crippen LogP contribution in [0.25, 0.3) is 0 Å². The van der Waals surface area contributed by atoms with Gasteiger partial charge in [-0.2, -0.15) is 0 Å². The van der Waals surface area contributed by atoms with Gasteiger partial charge >= 0.3 is 0 Å². The molecule has 4 heteroatoms. The number of nitrogens with one attached hydrogen (secondary N) is 2. The normalized spacial score (nSPS) is 14.7. The zero-order valence-corrected chi connectivity index (χ0v) is 29.4. The van der Waals surface area contributed by atoms with E-state index < -0.39 is 0 Å². The molecule has 0 aliphatic rings. The quantitative estimate of drug-likeness (QED) is 0.181. The molecule has 0 spiro atoms. The van der Waals surface area contributed by atoms with Crippen molar-refractivity contribution in [2.45, 2.75) is 195 Å². The van der Waals surface area contributed by atoms with Crippen molar-refractivity contribution in [2.75, 3.05) is 26.2 Å². The second-order valence-corrected chi connectivity index (χ2v) is 17.2. The first-order chi connectivity index (χ1) is 16.9. The summed E-state index contributed by atoms with van der Waals surface area (Å²) in [5.41, 5.74) is 1.25. The molecule has 4 nitrogen and oxygen atoms in total. The molecule has 0 aromatic heterocycles. The molecule has 0 atom stereocenters. The van der Waals surface area contributed by atoms with Crippen LogP contribution >= 0.6 is 0 Å². The van der Waals surface area contributed by atoms with Gasteiger partial charge in [0.1, 0.15) is 0 Å². The molecule has 0 unspecified atom stereocenters. The summed E-state index contributed by atoms with van der Waals surface area (Å²) >= 11 is 0. The number of rotatable bonds is 17. The molecular weight excluding hydrogens is 464 g/mol. The van der Waals surface area contributed by atoms with Gasteiger partial charge in [-0.15, -0.1) is 0 Å². The van der Waals surface area contributed by atoms with E-state index in [0.717, 1.165) is 26.2 Å². The minimum Gasteiger partial charge on any atom is -0.312 e. The van der Waals surface area contributed by atoms with Gasteiger partial charge in [0.25, 0.3) is 0 Å². The lowest BCUT2D eigenvalue weighted by molar-refractivity contribution is 0.0346. The van der Waals surface area contributed by atoms with Crippen molar-refractivity contribution in [3.63, 3.8) is 0 Å². The fourth-order valence-electron chi connectivity index (χ4n) is 6.35. The van der Waals surface area contributed by atoms with Gasteiger partial charge in [0, 0.05) is 33.2 Å². The van der Waals surface area contributed by atoms with Crippen LogP contribution in [0.3, 0.4) is 0 Å². The van der Waals surface area contributed by atoms with Crippen LogP contribution in [0.1, 0.15) is 162 Å². The zero-order chi connectivity index (χ0) is 30.1. The summed E-state index contributed by atoms with van der Waals surface area (Å²) in [6.07, 6.45) is 10.1. The number of hydrogen-bond acceptors (Lipinski definition) is 4. The Bertz CT molecular complexity index is 539. The second-order valence-electron chi connectivity index (χ2n) is 17.2. The van der Waals surface area contributed by atoms with Crippen molar-refractivity contribution < 1.29 is 0 Å². The third-order valence-corrected chi connectivity index (χ3v) is 7.92. The van der Waals surface area contributed by atoms with Gasteiger partial charge in [-0.05, 0) is 175 Å². The SMILES string of the molecule is CC(C)(CCCN(C(C)(C)C)C(C)(C)C)NCCCCCCNC(C)(C)CCCN(C(C)(C)C)C(C)(C)C. The van der Waals surface area contributed by atoms with Gasteiger partial charge in [-0.25, -0.2) is 0 Å². The Hall–Kier alpha value is -0.160. The largest absolute Gasteiger partial charge is 0.312 e. The first-order valence-corrected chi connectivity index (χ1v) is 15.9. The molecule has 0 radical (unpaired) electrons. The third-order valence-electron chi connectivity index (χ3n) is 7.92. The Morgan fingerprint density at radius 3 is 0.868 bits per heavy atom. The predicted molar refractivity (Wildman–Crippen MR) is 174 cm³/mol. The van der Waals surface area contributed by atoms with E-state index in [1.54, 1.807) is 0 Å². The lowest BCUT2D eigenvalue weighted by Crippen LogP contribution is -2.53. The summed E-state index contributed by atoms with van der Waals surface area (Å²) in [6, 6.07) is 0. The summed E-state index contributed by atoms with van der Waals surface area (Å²) in [5, 5.41) is 7.68. The van der Waals surface area contributed by atoms with Crippen molar-refractivity contribution in [3.8, 4) is 0 Å². The first-order valence-electron chi connectivity index (χ1n) is 15.9.